The highest BCUT2D eigenvalue weighted by Gasteiger charge is 2.22. The van der Waals surface area contributed by atoms with Crippen LogP contribution in [0.2, 0.25) is 0 Å². The molecule has 132 valence electrons. The van der Waals surface area contributed by atoms with E-state index in [2.05, 4.69) is 4.99 Å². The molecule has 0 aliphatic rings. The smallest absolute Gasteiger partial charge is 0.355 e. The van der Waals surface area contributed by atoms with Gasteiger partial charge in [-0.3, -0.25) is 4.57 Å². The van der Waals surface area contributed by atoms with Crippen LogP contribution < -0.4 is 0 Å². The first-order valence-electron chi connectivity index (χ1n) is 7.83. The zero-order chi connectivity index (χ0) is 18.4. The maximum absolute atomic E-state index is 13.0. The zero-order valence-electron chi connectivity index (χ0n) is 14.3. The number of hydrogen-bond donors (Lipinski definition) is 0. The summed E-state index contributed by atoms with van der Waals surface area (Å²) in [6, 6.07) is 6.99. The van der Waals surface area contributed by atoms with Gasteiger partial charge in [-0.2, -0.15) is 0 Å². The Morgan fingerprint density at radius 1 is 1.12 bits per heavy atom. The van der Waals surface area contributed by atoms with Gasteiger partial charge in [0, 0.05) is 5.69 Å². The van der Waals surface area contributed by atoms with Gasteiger partial charge in [0.15, 0.2) is 0 Å². The van der Waals surface area contributed by atoms with Crippen molar-refractivity contribution in [2.24, 2.45) is 4.99 Å². The molecule has 1 heterocycles. The predicted molar refractivity (Wildman–Crippen MR) is 91.0 cm³/mol. The van der Waals surface area contributed by atoms with Gasteiger partial charge in [0.2, 0.25) is 0 Å². The molecule has 0 aliphatic heterocycles. The molecule has 1 aromatic carbocycles. The van der Waals surface area contributed by atoms with E-state index in [9.17, 15) is 14.0 Å². The summed E-state index contributed by atoms with van der Waals surface area (Å²) in [4.78, 5) is 28.4. The van der Waals surface area contributed by atoms with Crippen LogP contribution in [0.5, 0.6) is 0 Å². The van der Waals surface area contributed by atoms with Crippen LogP contribution >= 0.6 is 0 Å². The molecule has 0 radical (unpaired) electrons. The molecule has 0 saturated heterocycles. The fourth-order valence-electron chi connectivity index (χ4n) is 2.20. The third kappa shape index (κ3) is 4.32. The number of ether oxygens (including phenoxy) is 2. The van der Waals surface area contributed by atoms with E-state index in [0.29, 0.717) is 11.4 Å². The minimum atomic E-state index is -0.577. The Kier molecular flexibility index (Phi) is 6.05. The Morgan fingerprint density at radius 2 is 1.72 bits per heavy atom. The van der Waals surface area contributed by atoms with E-state index in [-0.39, 0.29) is 30.3 Å². The number of carbonyl (C=O) groups excluding carboxylic acids is 2. The van der Waals surface area contributed by atoms with E-state index in [1.807, 2.05) is 0 Å². The molecule has 1 aromatic heterocycles. The molecule has 6 nitrogen and oxygen atoms in total. The van der Waals surface area contributed by atoms with Gasteiger partial charge in [-0.05, 0) is 51.1 Å². The van der Waals surface area contributed by atoms with E-state index in [1.54, 1.807) is 20.8 Å². The summed E-state index contributed by atoms with van der Waals surface area (Å²) >= 11 is 0. The van der Waals surface area contributed by atoms with Gasteiger partial charge in [0.25, 0.3) is 0 Å². The van der Waals surface area contributed by atoms with Crippen LogP contribution in [-0.4, -0.2) is 36.1 Å². The molecule has 2 rings (SSSR count). The summed E-state index contributed by atoms with van der Waals surface area (Å²) < 4.78 is 24.4. The summed E-state index contributed by atoms with van der Waals surface area (Å²) in [5, 5.41) is 0. The summed E-state index contributed by atoms with van der Waals surface area (Å²) in [5.74, 6) is -1.47. The fourth-order valence-corrected chi connectivity index (χ4v) is 2.20. The topological polar surface area (TPSA) is 69.9 Å². The van der Waals surface area contributed by atoms with Gasteiger partial charge < -0.3 is 9.47 Å². The Labute approximate surface area is 144 Å². The molecule has 25 heavy (non-hydrogen) atoms. The second-order valence-corrected chi connectivity index (χ2v) is 5.06. The van der Waals surface area contributed by atoms with Crippen molar-refractivity contribution in [3.05, 3.63) is 53.1 Å². The first kappa shape index (κ1) is 18.4. The highest BCUT2D eigenvalue weighted by Crippen LogP contribution is 2.18. The average Bonchev–Trinajstić information content (AvgIpc) is 2.92. The number of nitrogens with zero attached hydrogens (tertiary/aromatic N) is 2. The monoisotopic (exact) mass is 346 g/mol. The third-order valence-corrected chi connectivity index (χ3v) is 3.42. The largest absolute Gasteiger partial charge is 0.462 e. The Balaban J connectivity index is 2.44. The van der Waals surface area contributed by atoms with E-state index in [1.165, 1.54) is 41.2 Å². The molecule has 0 amide bonds. The van der Waals surface area contributed by atoms with Gasteiger partial charge >= 0.3 is 11.9 Å². The number of aliphatic imine (C=N–C) groups is 1. The number of halogens is 1. The van der Waals surface area contributed by atoms with Crippen LogP contribution in [0.25, 0.3) is 0 Å². The fraction of sp³-hybridized carbons (Fsp3) is 0.278. The van der Waals surface area contributed by atoms with Crippen molar-refractivity contribution in [3.63, 3.8) is 0 Å². The first-order chi connectivity index (χ1) is 12.0. The Morgan fingerprint density at radius 3 is 2.32 bits per heavy atom. The minimum absolute atomic E-state index is 0.160. The molecule has 0 atom stereocenters. The van der Waals surface area contributed by atoms with Crippen molar-refractivity contribution in [1.29, 1.82) is 0 Å². The Hall–Kier alpha value is -2.96. The number of esters is 2. The average molecular weight is 346 g/mol. The molecule has 0 fully saturated rings. The predicted octanol–water partition coefficient (Wildman–Crippen LogP) is 3.50. The standard InChI is InChI=1S/C18H19FN2O4/c1-4-24-17(22)15-10-16(18(23)25-5-2)21(12(15)3)11-20-14-8-6-13(19)7-9-14/h6-11H,4-5H2,1-3H3. The number of aromatic nitrogens is 1. The lowest BCUT2D eigenvalue weighted by Crippen LogP contribution is -2.13. The minimum Gasteiger partial charge on any atom is -0.462 e. The van der Waals surface area contributed by atoms with Crippen LogP contribution in [0.3, 0.4) is 0 Å². The third-order valence-electron chi connectivity index (χ3n) is 3.42. The van der Waals surface area contributed by atoms with Gasteiger partial charge in [-0.1, -0.05) is 0 Å². The first-order valence-corrected chi connectivity index (χ1v) is 7.83. The quantitative estimate of drug-likeness (QED) is 0.456. The van der Waals surface area contributed by atoms with Crippen LogP contribution in [0.15, 0.2) is 35.3 Å². The highest BCUT2D eigenvalue weighted by molar-refractivity contribution is 5.98. The van der Waals surface area contributed by atoms with Gasteiger partial charge in [0.1, 0.15) is 17.8 Å². The van der Waals surface area contributed by atoms with Crippen molar-refractivity contribution in [1.82, 2.24) is 4.57 Å². The summed E-state index contributed by atoms with van der Waals surface area (Å²) in [7, 11) is 0. The van der Waals surface area contributed by atoms with E-state index >= 15 is 0 Å². The number of benzene rings is 1. The van der Waals surface area contributed by atoms with E-state index < -0.39 is 11.9 Å². The van der Waals surface area contributed by atoms with E-state index in [4.69, 9.17) is 9.47 Å². The molecular weight excluding hydrogens is 327 g/mol. The molecule has 0 saturated carbocycles. The zero-order valence-corrected chi connectivity index (χ0v) is 14.3. The summed E-state index contributed by atoms with van der Waals surface area (Å²) in [5.41, 5.74) is 1.41. The molecule has 0 N–H and O–H groups in total. The van der Waals surface area contributed by atoms with E-state index in [0.717, 1.165) is 0 Å². The van der Waals surface area contributed by atoms with Crippen LogP contribution in [-0.2, 0) is 9.47 Å². The molecule has 0 aliphatic carbocycles. The normalized spacial score (nSPS) is 10.9. The molecular formula is C18H19FN2O4. The summed E-state index contributed by atoms with van der Waals surface area (Å²) in [6.45, 7) is 5.49. The lowest BCUT2D eigenvalue weighted by Gasteiger charge is -2.06. The molecule has 0 bridgehead atoms. The van der Waals surface area contributed by atoms with Crippen molar-refractivity contribution in [3.8, 4) is 0 Å². The second-order valence-electron chi connectivity index (χ2n) is 5.06. The number of rotatable bonds is 6. The SMILES string of the molecule is CCOC(=O)c1cc(C(=O)OCC)n(C=Nc2ccc(F)cc2)c1C. The maximum Gasteiger partial charge on any atom is 0.355 e. The van der Waals surface area contributed by atoms with Crippen molar-refractivity contribution < 1.29 is 23.5 Å². The summed E-state index contributed by atoms with van der Waals surface area (Å²) in [6.07, 6.45) is 1.39. The number of hydrogen-bond acceptors (Lipinski definition) is 5. The van der Waals surface area contributed by atoms with Crippen LogP contribution in [0.4, 0.5) is 10.1 Å². The second kappa shape index (κ2) is 8.23. The van der Waals surface area contributed by atoms with Crippen molar-refractivity contribution >= 4 is 24.0 Å². The van der Waals surface area contributed by atoms with Crippen molar-refractivity contribution in [2.75, 3.05) is 13.2 Å². The molecule has 0 spiro atoms. The van der Waals surface area contributed by atoms with Crippen molar-refractivity contribution in [2.45, 2.75) is 20.8 Å². The van der Waals surface area contributed by atoms with Gasteiger partial charge in [-0.15, -0.1) is 0 Å². The maximum atomic E-state index is 13.0. The highest BCUT2D eigenvalue weighted by atomic mass is 19.1. The number of carbonyl (C=O) groups is 2. The molecule has 2 aromatic rings. The van der Waals surface area contributed by atoms with Gasteiger partial charge in [0.05, 0.1) is 24.5 Å². The van der Waals surface area contributed by atoms with Crippen LogP contribution in [0, 0.1) is 12.7 Å². The molecule has 7 heteroatoms. The lowest BCUT2D eigenvalue weighted by molar-refractivity contribution is 0.0516. The van der Waals surface area contributed by atoms with Gasteiger partial charge in [-0.25, -0.2) is 19.0 Å². The molecule has 0 unspecified atom stereocenters. The lowest BCUT2D eigenvalue weighted by atomic mass is 10.2. The van der Waals surface area contributed by atoms with Crippen LogP contribution in [0.1, 0.15) is 40.4 Å². The Bertz CT molecular complexity index is 794.